The largest absolute Gasteiger partial charge is 0.497 e. The van der Waals surface area contributed by atoms with Crippen molar-refractivity contribution < 1.29 is 19.0 Å². The van der Waals surface area contributed by atoms with Crippen LogP contribution in [0.15, 0.2) is 41.0 Å². The van der Waals surface area contributed by atoms with Crippen molar-refractivity contribution in [2.45, 2.75) is 39.7 Å². The summed E-state index contributed by atoms with van der Waals surface area (Å²) in [4.78, 5) is 14.3. The first-order valence-corrected chi connectivity index (χ1v) is 9.57. The molecule has 0 atom stereocenters. The third-order valence-corrected chi connectivity index (χ3v) is 4.87. The smallest absolute Gasteiger partial charge is 0.333 e. The van der Waals surface area contributed by atoms with Gasteiger partial charge in [0, 0.05) is 36.8 Å². The zero-order valence-electron chi connectivity index (χ0n) is 17.1. The number of benzene rings is 1. The highest BCUT2D eigenvalue weighted by Gasteiger charge is 2.25. The van der Waals surface area contributed by atoms with Crippen LogP contribution in [-0.4, -0.2) is 45.3 Å². The minimum Gasteiger partial charge on any atom is -0.497 e. The van der Waals surface area contributed by atoms with Crippen LogP contribution < -0.4 is 9.47 Å². The molecule has 1 aromatic rings. The molecule has 1 aromatic carbocycles. The monoisotopic (exact) mass is 373 g/mol. The van der Waals surface area contributed by atoms with Crippen LogP contribution in [0.4, 0.5) is 0 Å². The Balaban J connectivity index is 0.00000126. The standard InChI is InChI=1S/C20H25NO4.C2H6/c1-23-18-8-7-16(19(10-18)24-2)12-21-11-15-6-4-5-14(20(22)25-3)9-17(15)13-21;1-2/h7-10H,4-6,11-13H2,1-3H3;1-2H3. The molecule has 148 valence electrons. The van der Waals surface area contributed by atoms with E-state index in [2.05, 4.69) is 11.0 Å². The van der Waals surface area contributed by atoms with Crippen molar-refractivity contribution >= 4 is 5.97 Å². The maximum Gasteiger partial charge on any atom is 0.333 e. The molecule has 0 saturated carbocycles. The minimum absolute atomic E-state index is 0.205. The maximum absolute atomic E-state index is 11.9. The molecule has 5 heteroatoms. The predicted molar refractivity (Wildman–Crippen MR) is 107 cm³/mol. The molecule has 0 saturated heterocycles. The summed E-state index contributed by atoms with van der Waals surface area (Å²) in [6.45, 7) is 6.60. The molecule has 3 rings (SSSR count). The number of nitrogens with zero attached hydrogens (tertiary/aromatic N) is 1. The van der Waals surface area contributed by atoms with Gasteiger partial charge in [0.1, 0.15) is 11.5 Å². The molecule has 27 heavy (non-hydrogen) atoms. The Morgan fingerprint density at radius 1 is 1.07 bits per heavy atom. The average Bonchev–Trinajstić information content (AvgIpc) is 2.98. The first kappa shape index (κ1) is 21.0. The van der Waals surface area contributed by atoms with E-state index in [0.717, 1.165) is 61.5 Å². The van der Waals surface area contributed by atoms with E-state index in [9.17, 15) is 4.79 Å². The minimum atomic E-state index is -0.205. The van der Waals surface area contributed by atoms with Crippen LogP contribution in [0.2, 0.25) is 0 Å². The predicted octanol–water partition coefficient (Wildman–Crippen LogP) is 4.13. The highest BCUT2D eigenvalue weighted by Crippen LogP contribution is 2.32. The molecule has 1 aliphatic heterocycles. The quantitative estimate of drug-likeness (QED) is 0.727. The first-order valence-electron chi connectivity index (χ1n) is 9.57. The molecule has 0 radical (unpaired) electrons. The lowest BCUT2D eigenvalue weighted by Crippen LogP contribution is -2.21. The number of hydrogen-bond donors (Lipinski definition) is 0. The van der Waals surface area contributed by atoms with E-state index >= 15 is 0 Å². The third-order valence-electron chi connectivity index (χ3n) is 4.87. The fraction of sp³-hybridized carbons (Fsp3) is 0.500. The molecular formula is C22H31NO4. The summed E-state index contributed by atoms with van der Waals surface area (Å²) in [5.74, 6) is 1.43. The van der Waals surface area contributed by atoms with Gasteiger partial charge >= 0.3 is 5.97 Å². The van der Waals surface area contributed by atoms with E-state index < -0.39 is 0 Å². The van der Waals surface area contributed by atoms with Gasteiger partial charge in [-0.05, 0) is 37.0 Å². The molecule has 0 fully saturated rings. The van der Waals surface area contributed by atoms with Crippen molar-refractivity contribution in [2.24, 2.45) is 0 Å². The number of carbonyl (C=O) groups is 1. The number of esters is 1. The Morgan fingerprint density at radius 2 is 1.85 bits per heavy atom. The Bertz CT molecular complexity index is 721. The molecule has 0 N–H and O–H groups in total. The van der Waals surface area contributed by atoms with Gasteiger partial charge in [-0.25, -0.2) is 4.79 Å². The van der Waals surface area contributed by atoms with Gasteiger partial charge in [0.15, 0.2) is 0 Å². The molecule has 0 bridgehead atoms. The zero-order valence-corrected chi connectivity index (χ0v) is 17.1. The van der Waals surface area contributed by atoms with Gasteiger partial charge in [0.05, 0.1) is 21.3 Å². The zero-order chi connectivity index (χ0) is 19.8. The summed E-state index contributed by atoms with van der Waals surface area (Å²) in [6.07, 6.45) is 4.88. The lowest BCUT2D eigenvalue weighted by molar-refractivity contribution is -0.136. The van der Waals surface area contributed by atoms with Crippen LogP contribution in [0.1, 0.15) is 38.7 Å². The Morgan fingerprint density at radius 3 is 2.52 bits per heavy atom. The van der Waals surface area contributed by atoms with Gasteiger partial charge in [-0.2, -0.15) is 0 Å². The van der Waals surface area contributed by atoms with Crippen molar-refractivity contribution in [1.29, 1.82) is 0 Å². The van der Waals surface area contributed by atoms with Gasteiger partial charge in [0.2, 0.25) is 0 Å². The Kier molecular flexibility index (Phi) is 7.92. The summed E-state index contributed by atoms with van der Waals surface area (Å²) in [5.41, 5.74) is 4.63. The molecule has 0 aromatic heterocycles. The van der Waals surface area contributed by atoms with Crippen molar-refractivity contribution in [3.63, 3.8) is 0 Å². The second kappa shape index (κ2) is 10.2. The number of hydrogen-bond acceptors (Lipinski definition) is 5. The van der Waals surface area contributed by atoms with Crippen LogP contribution in [0.5, 0.6) is 11.5 Å². The van der Waals surface area contributed by atoms with Crippen molar-refractivity contribution in [2.75, 3.05) is 34.4 Å². The van der Waals surface area contributed by atoms with E-state index in [1.165, 1.54) is 18.3 Å². The summed E-state index contributed by atoms with van der Waals surface area (Å²) in [7, 11) is 4.78. The summed E-state index contributed by atoms with van der Waals surface area (Å²) >= 11 is 0. The average molecular weight is 373 g/mol. The van der Waals surface area contributed by atoms with Gasteiger partial charge in [-0.15, -0.1) is 0 Å². The summed E-state index contributed by atoms with van der Waals surface area (Å²) in [6, 6.07) is 5.93. The van der Waals surface area contributed by atoms with Crippen LogP contribution in [0, 0.1) is 0 Å². The number of methoxy groups -OCH3 is 3. The van der Waals surface area contributed by atoms with Crippen molar-refractivity contribution in [1.82, 2.24) is 4.90 Å². The molecule has 5 nitrogen and oxygen atoms in total. The molecule has 2 aliphatic rings. The van der Waals surface area contributed by atoms with Gasteiger partial charge < -0.3 is 14.2 Å². The fourth-order valence-corrected chi connectivity index (χ4v) is 3.57. The van der Waals surface area contributed by atoms with Crippen molar-refractivity contribution in [3.05, 3.63) is 46.6 Å². The second-order valence-corrected chi connectivity index (χ2v) is 6.47. The van der Waals surface area contributed by atoms with Crippen LogP contribution in [0.25, 0.3) is 0 Å². The topological polar surface area (TPSA) is 48.0 Å². The lowest BCUT2D eigenvalue weighted by atomic mass is 10.1. The van der Waals surface area contributed by atoms with E-state index in [0.29, 0.717) is 0 Å². The van der Waals surface area contributed by atoms with Gasteiger partial charge in [-0.3, -0.25) is 4.90 Å². The van der Waals surface area contributed by atoms with Crippen LogP contribution in [-0.2, 0) is 16.1 Å². The number of carbonyl (C=O) groups excluding carboxylic acids is 1. The molecule has 1 aliphatic carbocycles. The molecule has 0 amide bonds. The SMILES string of the molecule is CC.COC(=O)C1=CC2=C(CCC1)CN(Cc1ccc(OC)cc1OC)C2. The maximum atomic E-state index is 11.9. The number of ether oxygens (including phenoxy) is 3. The normalized spacial score (nSPS) is 16.6. The summed E-state index contributed by atoms with van der Waals surface area (Å²) in [5, 5.41) is 0. The van der Waals surface area contributed by atoms with Gasteiger partial charge in [-0.1, -0.05) is 25.5 Å². The second-order valence-electron chi connectivity index (χ2n) is 6.47. The molecule has 0 unspecified atom stereocenters. The van der Waals surface area contributed by atoms with E-state index in [4.69, 9.17) is 14.2 Å². The Hall–Kier alpha value is -2.27. The Labute approximate surface area is 162 Å². The van der Waals surface area contributed by atoms with Crippen LogP contribution in [0.3, 0.4) is 0 Å². The highest BCUT2D eigenvalue weighted by atomic mass is 16.5. The number of rotatable bonds is 5. The first-order chi connectivity index (χ1) is 13.1. The van der Waals surface area contributed by atoms with E-state index in [-0.39, 0.29) is 5.97 Å². The fourth-order valence-electron chi connectivity index (χ4n) is 3.57. The molecular weight excluding hydrogens is 342 g/mol. The molecule has 0 spiro atoms. The summed E-state index contributed by atoms with van der Waals surface area (Å²) < 4.78 is 15.7. The lowest BCUT2D eigenvalue weighted by Gasteiger charge is -2.19. The van der Waals surface area contributed by atoms with Crippen molar-refractivity contribution in [3.8, 4) is 11.5 Å². The highest BCUT2D eigenvalue weighted by molar-refractivity contribution is 5.89. The van der Waals surface area contributed by atoms with Gasteiger partial charge in [0.25, 0.3) is 0 Å². The molecule has 1 heterocycles. The van der Waals surface area contributed by atoms with E-state index in [1.807, 2.05) is 32.1 Å². The third kappa shape index (κ3) is 5.13. The van der Waals surface area contributed by atoms with Crippen LogP contribution >= 0.6 is 0 Å². The van der Waals surface area contributed by atoms with E-state index in [1.54, 1.807) is 14.2 Å².